The van der Waals surface area contributed by atoms with E-state index in [9.17, 15) is 4.79 Å². The molecule has 6 nitrogen and oxygen atoms in total. The highest BCUT2D eigenvalue weighted by Crippen LogP contribution is 2.30. The van der Waals surface area contributed by atoms with Crippen molar-refractivity contribution in [3.8, 4) is 17.6 Å². The van der Waals surface area contributed by atoms with E-state index in [2.05, 4.69) is 0 Å². The Bertz CT molecular complexity index is 516. The molecule has 1 aliphatic heterocycles. The molecule has 1 atom stereocenters. The number of benzene rings is 1. The number of carbonyl (C=O) groups is 1. The number of ether oxygens (including phenoxy) is 3. The van der Waals surface area contributed by atoms with Crippen LogP contribution in [0.5, 0.6) is 11.5 Å². The van der Waals surface area contributed by atoms with Gasteiger partial charge in [0.15, 0.2) is 6.10 Å². The van der Waals surface area contributed by atoms with E-state index in [1.54, 1.807) is 23.1 Å². The third-order valence-corrected chi connectivity index (χ3v) is 3.14. The van der Waals surface area contributed by atoms with Gasteiger partial charge in [-0.3, -0.25) is 4.79 Å². The molecule has 20 heavy (non-hydrogen) atoms. The van der Waals surface area contributed by atoms with E-state index < -0.39 is 6.10 Å². The van der Waals surface area contributed by atoms with Gasteiger partial charge in [-0.2, -0.15) is 5.26 Å². The molecule has 1 aromatic carbocycles. The van der Waals surface area contributed by atoms with Crippen molar-refractivity contribution in [3.05, 3.63) is 23.8 Å². The minimum atomic E-state index is -0.589. The number of hydrogen-bond donors (Lipinski definition) is 0. The van der Waals surface area contributed by atoms with Gasteiger partial charge in [-0.25, -0.2) is 0 Å². The van der Waals surface area contributed by atoms with Crippen LogP contribution in [0.4, 0.5) is 0 Å². The molecule has 106 valence electrons. The van der Waals surface area contributed by atoms with Gasteiger partial charge < -0.3 is 19.1 Å². The molecule has 0 spiro atoms. The fourth-order valence-electron chi connectivity index (χ4n) is 2.13. The molecule has 1 unspecified atom stereocenters. The summed E-state index contributed by atoms with van der Waals surface area (Å²) in [6, 6.07) is 7.19. The lowest BCUT2D eigenvalue weighted by atomic mass is 10.1. The summed E-state index contributed by atoms with van der Waals surface area (Å²) in [5, 5.41) is 8.90. The highest BCUT2D eigenvalue weighted by atomic mass is 16.5. The van der Waals surface area contributed by atoms with Crippen LogP contribution >= 0.6 is 0 Å². The predicted octanol–water partition coefficient (Wildman–Crippen LogP) is 1.07. The maximum absolute atomic E-state index is 12.6. The highest BCUT2D eigenvalue weighted by molar-refractivity contribution is 5.99. The van der Waals surface area contributed by atoms with Gasteiger partial charge in [-0.1, -0.05) is 6.07 Å². The van der Waals surface area contributed by atoms with Crippen molar-refractivity contribution in [3.63, 3.8) is 0 Å². The van der Waals surface area contributed by atoms with E-state index in [-0.39, 0.29) is 12.5 Å². The molecule has 1 amide bonds. The number of hydrogen-bond acceptors (Lipinski definition) is 5. The quantitative estimate of drug-likeness (QED) is 0.825. The summed E-state index contributed by atoms with van der Waals surface area (Å²) in [6.07, 6.45) is -0.589. The first-order chi connectivity index (χ1) is 9.71. The fraction of sp³-hybridized carbons (Fsp3) is 0.429. The third kappa shape index (κ3) is 2.68. The zero-order valence-electron chi connectivity index (χ0n) is 11.5. The summed E-state index contributed by atoms with van der Waals surface area (Å²) in [5.41, 5.74) is 0.371. The molecule has 1 aliphatic rings. The number of amides is 1. The summed E-state index contributed by atoms with van der Waals surface area (Å²) >= 11 is 0. The molecule has 0 aromatic heterocycles. The Kier molecular flexibility index (Phi) is 4.43. The molecule has 0 N–H and O–H groups in total. The molecule has 2 rings (SSSR count). The predicted molar refractivity (Wildman–Crippen MR) is 70.8 cm³/mol. The molecule has 1 fully saturated rings. The van der Waals surface area contributed by atoms with Gasteiger partial charge in [0.1, 0.15) is 17.1 Å². The van der Waals surface area contributed by atoms with E-state index in [4.69, 9.17) is 19.5 Å². The molecule has 1 aromatic rings. The van der Waals surface area contributed by atoms with Crippen LogP contribution in [0.3, 0.4) is 0 Å². The van der Waals surface area contributed by atoms with E-state index in [0.717, 1.165) is 0 Å². The average Bonchev–Trinajstić information content (AvgIpc) is 2.53. The second-order valence-corrected chi connectivity index (χ2v) is 4.28. The van der Waals surface area contributed by atoms with Crippen LogP contribution in [0.2, 0.25) is 0 Å². The number of methoxy groups -OCH3 is 2. The van der Waals surface area contributed by atoms with Crippen molar-refractivity contribution in [1.82, 2.24) is 4.90 Å². The molecule has 0 radical (unpaired) electrons. The lowest BCUT2D eigenvalue weighted by Crippen LogP contribution is -2.45. The molecule has 1 saturated heterocycles. The smallest absolute Gasteiger partial charge is 0.261 e. The summed E-state index contributed by atoms with van der Waals surface area (Å²) in [5.74, 6) is 0.687. The Morgan fingerprint density at radius 2 is 2.05 bits per heavy atom. The van der Waals surface area contributed by atoms with Gasteiger partial charge in [0.25, 0.3) is 5.91 Å². The summed E-state index contributed by atoms with van der Waals surface area (Å²) < 4.78 is 15.7. The van der Waals surface area contributed by atoms with Gasteiger partial charge in [0.2, 0.25) is 0 Å². The largest absolute Gasteiger partial charge is 0.496 e. The lowest BCUT2D eigenvalue weighted by molar-refractivity contribution is 0.00320. The number of morpholine rings is 1. The Balaban J connectivity index is 2.31. The SMILES string of the molecule is COc1cccc(OC)c1C(=O)N1CCOC(C#N)C1. The molecule has 0 bridgehead atoms. The van der Waals surface area contributed by atoms with Crippen LogP contribution in [0, 0.1) is 11.3 Å². The van der Waals surface area contributed by atoms with Crippen LogP contribution < -0.4 is 9.47 Å². The number of carbonyl (C=O) groups excluding carboxylic acids is 1. The normalized spacial score (nSPS) is 18.2. The zero-order chi connectivity index (χ0) is 14.5. The van der Waals surface area contributed by atoms with Crippen molar-refractivity contribution in [1.29, 1.82) is 5.26 Å². The molecule has 0 aliphatic carbocycles. The van der Waals surface area contributed by atoms with Gasteiger partial charge in [-0.05, 0) is 12.1 Å². The first-order valence-corrected chi connectivity index (χ1v) is 6.22. The van der Waals surface area contributed by atoms with Crippen LogP contribution in [-0.2, 0) is 4.74 Å². The fourth-order valence-corrected chi connectivity index (χ4v) is 2.13. The van der Waals surface area contributed by atoms with Crippen LogP contribution in [0.1, 0.15) is 10.4 Å². The lowest BCUT2D eigenvalue weighted by Gasteiger charge is -2.30. The van der Waals surface area contributed by atoms with Crippen molar-refractivity contribution in [2.75, 3.05) is 33.9 Å². The number of nitrogens with zero attached hydrogens (tertiary/aromatic N) is 2. The Labute approximate surface area is 117 Å². The maximum atomic E-state index is 12.6. The number of nitriles is 1. The second-order valence-electron chi connectivity index (χ2n) is 4.28. The number of rotatable bonds is 3. The molecule has 6 heteroatoms. The second kappa shape index (κ2) is 6.26. The summed E-state index contributed by atoms with van der Waals surface area (Å²) in [7, 11) is 3.01. The van der Waals surface area contributed by atoms with Crippen molar-refractivity contribution in [2.24, 2.45) is 0 Å². The van der Waals surface area contributed by atoms with E-state index >= 15 is 0 Å². The van der Waals surface area contributed by atoms with Crippen molar-refractivity contribution < 1.29 is 19.0 Å². The van der Waals surface area contributed by atoms with E-state index in [1.807, 2.05) is 6.07 Å². The van der Waals surface area contributed by atoms with Crippen molar-refractivity contribution >= 4 is 5.91 Å². The highest BCUT2D eigenvalue weighted by Gasteiger charge is 2.28. The van der Waals surface area contributed by atoms with Crippen molar-refractivity contribution in [2.45, 2.75) is 6.10 Å². The Morgan fingerprint density at radius 3 is 2.60 bits per heavy atom. The molecule has 1 heterocycles. The first kappa shape index (κ1) is 14.2. The summed E-state index contributed by atoms with van der Waals surface area (Å²) in [4.78, 5) is 14.2. The topological polar surface area (TPSA) is 71.8 Å². The molecular weight excluding hydrogens is 260 g/mol. The Morgan fingerprint density at radius 1 is 1.40 bits per heavy atom. The van der Waals surface area contributed by atoms with E-state index in [0.29, 0.717) is 30.2 Å². The van der Waals surface area contributed by atoms with Gasteiger partial charge in [0.05, 0.1) is 33.4 Å². The zero-order valence-corrected chi connectivity index (χ0v) is 11.5. The standard InChI is InChI=1S/C14H16N2O4/c1-18-11-4-3-5-12(19-2)13(11)14(17)16-6-7-20-10(8-15)9-16/h3-5,10H,6-7,9H2,1-2H3. The molecular formula is C14H16N2O4. The third-order valence-electron chi connectivity index (χ3n) is 3.14. The van der Waals surface area contributed by atoms with Gasteiger partial charge in [0, 0.05) is 6.54 Å². The Hall–Kier alpha value is -2.26. The summed E-state index contributed by atoms with van der Waals surface area (Å²) in [6.45, 7) is 1.04. The van der Waals surface area contributed by atoms with Crippen LogP contribution in [0.25, 0.3) is 0 Å². The maximum Gasteiger partial charge on any atom is 0.261 e. The van der Waals surface area contributed by atoms with E-state index in [1.165, 1.54) is 14.2 Å². The van der Waals surface area contributed by atoms with Crippen LogP contribution in [-0.4, -0.2) is 50.8 Å². The molecule has 0 saturated carbocycles. The van der Waals surface area contributed by atoms with Gasteiger partial charge >= 0.3 is 0 Å². The van der Waals surface area contributed by atoms with Crippen LogP contribution in [0.15, 0.2) is 18.2 Å². The monoisotopic (exact) mass is 276 g/mol. The minimum absolute atomic E-state index is 0.220. The first-order valence-electron chi connectivity index (χ1n) is 6.22. The average molecular weight is 276 g/mol. The van der Waals surface area contributed by atoms with Gasteiger partial charge in [-0.15, -0.1) is 0 Å². The minimum Gasteiger partial charge on any atom is -0.496 e.